The molecule has 0 amide bonds. The molecule has 0 spiro atoms. The zero-order valence-electron chi connectivity index (χ0n) is 11.6. The van der Waals surface area contributed by atoms with E-state index in [0.717, 1.165) is 11.8 Å². The number of hydrogen-bond donors (Lipinski definition) is 0. The van der Waals surface area contributed by atoms with Gasteiger partial charge in [0.15, 0.2) is 11.6 Å². The Morgan fingerprint density at radius 1 is 1.48 bits per heavy atom. The van der Waals surface area contributed by atoms with Crippen LogP contribution in [-0.2, 0) is 6.54 Å². The van der Waals surface area contributed by atoms with Crippen LogP contribution in [-0.4, -0.2) is 34.9 Å². The number of aromatic nitrogens is 2. The number of hydrogen-bond acceptors (Lipinski definition) is 3. The van der Waals surface area contributed by atoms with Gasteiger partial charge in [0, 0.05) is 25.3 Å². The average Bonchev–Trinajstić information content (AvgIpc) is 2.41. The Balaban J connectivity index is 2.30. The summed E-state index contributed by atoms with van der Waals surface area (Å²) in [5.74, 6) is -0.884. The van der Waals surface area contributed by atoms with Crippen molar-refractivity contribution in [3.05, 3.63) is 57.3 Å². The van der Waals surface area contributed by atoms with E-state index in [1.807, 2.05) is 0 Å². The van der Waals surface area contributed by atoms with Crippen LogP contribution in [0, 0.1) is 5.82 Å². The molecule has 0 saturated carbocycles. The predicted molar refractivity (Wildman–Crippen MR) is 80.8 cm³/mol. The highest BCUT2D eigenvalue weighted by atomic mass is 35.5. The molecule has 0 atom stereocenters. The third-order valence-electron chi connectivity index (χ3n) is 2.58. The van der Waals surface area contributed by atoms with Crippen LogP contribution >= 0.6 is 11.6 Å². The first-order chi connectivity index (χ1) is 9.95. The molecule has 0 aliphatic rings. The maximum atomic E-state index is 13.9. The van der Waals surface area contributed by atoms with Crippen molar-refractivity contribution in [3.8, 4) is 0 Å². The maximum Gasteiger partial charge on any atom is 0.350 e. The van der Waals surface area contributed by atoms with Gasteiger partial charge in [0.2, 0.25) is 0 Å². The summed E-state index contributed by atoms with van der Waals surface area (Å²) in [5, 5.41) is 0.557. The summed E-state index contributed by atoms with van der Waals surface area (Å²) < 4.78 is 15.1. The Hall–Kier alpha value is -2.21. The van der Waals surface area contributed by atoms with Crippen molar-refractivity contribution >= 4 is 23.8 Å². The van der Waals surface area contributed by atoms with Crippen molar-refractivity contribution in [2.45, 2.75) is 6.54 Å². The highest BCUT2D eigenvalue weighted by Gasteiger charge is 2.08. The van der Waals surface area contributed by atoms with Crippen LogP contribution in [0.25, 0.3) is 0 Å². The van der Waals surface area contributed by atoms with Crippen LogP contribution in [0.5, 0.6) is 0 Å². The first-order valence-electron chi connectivity index (χ1n) is 6.18. The standard InChI is InChI=1S/C14H14ClFN4O/c1-19(2)9-17-13-12(16)8-20(14(21)18-13)7-10-4-3-5-11(15)6-10/h3-6,8-9H,7H2,1-2H3. The molecule has 2 rings (SSSR count). The topological polar surface area (TPSA) is 50.5 Å². The Morgan fingerprint density at radius 2 is 2.24 bits per heavy atom. The lowest BCUT2D eigenvalue weighted by Gasteiger charge is -2.07. The molecule has 5 nitrogen and oxygen atoms in total. The van der Waals surface area contributed by atoms with Crippen molar-refractivity contribution in [2.75, 3.05) is 14.1 Å². The van der Waals surface area contributed by atoms with Crippen molar-refractivity contribution < 1.29 is 4.39 Å². The average molecular weight is 309 g/mol. The summed E-state index contributed by atoms with van der Waals surface area (Å²) >= 11 is 5.88. The van der Waals surface area contributed by atoms with E-state index in [-0.39, 0.29) is 12.4 Å². The monoisotopic (exact) mass is 308 g/mol. The van der Waals surface area contributed by atoms with Crippen LogP contribution < -0.4 is 5.69 Å². The zero-order chi connectivity index (χ0) is 15.4. The molecule has 7 heteroatoms. The van der Waals surface area contributed by atoms with Gasteiger partial charge in [-0.3, -0.25) is 4.57 Å². The summed E-state index contributed by atoms with van der Waals surface area (Å²) in [4.78, 5) is 21.0. The molecular weight excluding hydrogens is 295 g/mol. The summed E-state index contributed by atoms with van der Waals surface area (Å²) in [7, 11) is 3.48. The van der Waals surface area contributed by atoms with E-state index in [1.165, 1.54) is 10.9 Å². The number of rotatable bonds is 4. The molecule has 1 aromatic carbocycles. The number of nitrogens with zero attached hydrogens (tertiary/aromatic N) is 4. The van der Waals surface area contributed by atoms with Crippen molar-refractivity contribution in [1.82, 2.24) is 14.5 Å². The molecule has 110 valence electrons. The summed E-state index contributed by atoms with van der Waals surface area (Å²) in [6, 6.07) is 7.01. The first-order valence-corrected chi connectivity index (χ1v) is 6.55. The lowest BCUT2D eigenvalue weighted by molar-refractivity contribution is 0.581. The third-order valence-corrected chi connectivity index (χ3v) is 2.82. The second-order valence-corrected chi connectivity index (χ2v) is 5.10. The largest absolute Gasteiger partial charge is 0.369 e. The van der Waals surface area contributed by atoms with Gasteiger partial charge in [-0.1, -0.05) is 23.7 Å². The zero-order valence-corrected chi connectivity index (χ0v) is 12.4. The van der Waals surface area contributed by atoms with Crippen molar-refractivity contribution in [2.24, 2.45) is 4.99 Å². The van der Waals surface area contributed by atoms with E-state index < -0.39 is 11.5 Å². The second kappa shape index (κ2) is 6.49. The van der Waals surface area contributed by atoms with Gasteiger partial charge < -0.3 is 4.90 Å². The van der Waals surface area contributed by atoms with Gasteiger partial charge in [-0.05, 0) is 17.7 Å². The molecule has 0 bridgehead atoms. The van der Waals surface area contributed by atoms with Crippen LogP contribution in [0.4, 0.5) is 10.2 Å². The summed E-state index contributed by atoms with van der Waals surface area (Å²) in [6.07, 6.45) is 2.48. The normalized spacial score (nSPS) is 11.0. The second-order valence-electron chi connectivity index (χ2n) is 4.66. The molecular formula is C14H14ClFN4O. The van der Waals surface area contributed by atoms with E-state index >= 15 is 0 Å². The number of halogens is 2. The quantitative estimate of drug-likeness (QED) is 0.643. The van der Waals surface area contributed by atoms with Gasteiger partial charge in [0.25, 0.3) is 0 Å². The van der Waals surface area contributed by atoms with Crippen molar-refractivity contribution in [1.29, 1.82) is 0 Å². The van der Waals surface area contributed by atoms with Gasteiger partial charge in [-0.2, -0.15) is 4.98 Å². The van der Waals surface area contributed by atoms with Gasteiger partial charge in [0.05, 0.1) is 12.9 Å². The molecule has 0 saturated heterocycles. The fraction of sp³-hybridized carbons (Fsp3) is 0.214. The molecule has 2 aromatic rings. The van der Waals surface area contributed by atoms with Crippen LogP contribution in [0.1, 0.15) is 5.56 Å². The van der Waals surface area contributed by atoms with E-state index in [1.54, 1.807) is 43.3 Å². The minimum absolute atomic E-state index is 0.195. The third kappa shape index (κ3) is 4.13. The molecule has 0 aliphatic carbocycles. The van der Waals surface area contributed by atoms with Crippen LogP contribution in [0.2, 0.25) is 5.02 Å². The molecule has 21 heavy (non-hydrogen) atoms. The summed E-state index contributed by atoms with van der Waals surface area (Å²) in [6.45, 7) is 0.195. The smallest absolute Gasteiger partial charge is 0.350 e. The Bertz CT molecular complexity index is 727. The fourth-order valence-electron chi connectivity index (χ4n) is 1.66. The fourth-order valence-corrected chi connectivity index (χ4v) is 1.88. The van der Waals surface area contributed by atoms with E-state index in [9.17, 15) is 9.18 Å². The SMILES string of the molecule is CN(C)C=Nc1nc(=O)n(Cc2cccc(Cl)c2)cc1F. The Labute approximate surface area is 126 Å². The van der Waals surface area contributed by atoms with Gasteiger partial charge >= 0.3 is 5.69 Å². The van der Waals surface area contributed by atoms with Crippen LogP contribution in [0.3, 0.4) is 0 Å². The predicted octanol–water partition coefficient (Wildman–Crippen LogP) is 2.31. The minimum atomic E-state index is -0.658. The summed E-state index contributed by atoms with van der Waals surface area (Å²) in [5.41, 5.74) is 0.220. The molecule has 0 radical (unpaired) electrons. The lowest BCUT2D eigenvalue weighted by Crippen LogP contribution is -2.23. The lowest BCUT2D eigenvalue weighted by atomic mass is 10.2. The Morgan fingerprint density at radius 3 is 2.90 bits per heavy atom. The van der Waals surface area contributed by atoms with Crippen LogP contribution in [0.15, 0.2) is 40.2 Å². The van der Waals surface area contributed by atoms with E-state index in [2.05, 4.69) is 9.98 Å². The highest BCUT2D eigenvalue weighted by molar-refractivity contribution is 6.30. The Kier molecular flexibility index (Phi) is 4.70. The van der Waals surface area contributed by atoms with E-state index in [0.29, 0.717) is 5.02 Å². The molecule has 0 fully saturated rings. The molecule has 0 unspecified atom stereocenters. The van der Waals surface area contributed by atoms with Gasteiger partial charge in [-0.25, -0.2) is 14.2 Å². The molecule has 0 aliphatic heterocycles. The highest BCUT2D eigenvalue weighted by Crippen LogP contribution is 2.13. The minimum Gasteiger partial charge on any atom is -0.369 e. The number of aliphatic imine (C=N–C) groups is 1. The maximum absolute atomic E-state index is 13.9. The number of benzene rings is 1. The van der Waals surface area contributed by atoms with Gasteiger partial charge in [0.1, 0.15) is 0 Å². The molecule has 0 N–H and O–H groups in total. The molecule has 1 aromatic heterocycles. The van der Waals surface area contributed by atoms with Gasteiger partial charge in [-0.15, -0.1) is 0 Å². The molecule has 1 heterocycles. The van der Waals surface area contributed by atoms with E-state index in [4.69, 9.17) is 11.6 Å². The first kappa shape index (κ1) is 15.2. The van der Waals surface area contributed by atoms with Crippen molar-refractivity contribution in [3.63, 3.8) is 0 Å².